The van der Waals surface area contributed by atoms with Crippen LogP contribution in [-0.2, 0) is 19.0 Å². The van der Waals surface area contributed by atoms with Gasteiger partial charge in [0.1, 0.15) is 5.75 Å². The van der Waals surface area contributed by atoms with E-state index in [-0.39, 0.29) is 18.8 Å². The highest BCUT2D eigenvalue weighted by atomic mass is 19.4. The van der Waals surface area contributed by atoms with E-state index in [1.165, 1.54) is 6.08 Å². The molecule has 0 aliphatic rings. The van der Waals surface area contributed by atoms with E-state index >= 15 is 0 Å². The minimum Gasteiger partial charge on any atom is -0.452 e. The first kappa shape index (κ1) is 26.7. The predicted molar refractivity (Wildman–Crippen MR) is 94.9 cm³/mol. The molecular formula is C19H16F6O7. The average molecular weight is 470 g/mol. The summed E-state index contributed by atoms with van der Waals surface area (Å²) < 4.78 is 91.6. The minimum absolute atomic E-state index is 0.0935. The molecule has 0 aromatic heterocycles. The van der Waals surface area contributed by atoms with Crippen molar-refractivity contribution in [2.45, 2.75) is 12.4 Å². The van der Waals surface area contributed by atoms with Crippen LogP contribution in [0.15, 0.2) is 43.0 Å². The fourth-order valence-electron chi connectivity index (χ4n) is 1.89. The Labute approximate surface area is 177 Å². The van der Waals surface area contributed by atoms with Crippen LogP contribution >= 0.6 is 0 Å². The zero-order valence-corrected chi connectivity index (χ0v) is 16.2. The highest BCUT2D eigenvalue weighted by Crippen LogP contribution is 2.23. The highest BCUT2D eigenvalue weighted by Gasteiger charge is 2.33. The third kappa shape index (κ3) is 9.64. The van der Waals surface area contributed by atoms with Gasteiger partial charge >= 0.3 is 30.3 Å². The first-order valence-corrected chi connectivity index (χ1v) is 8.44. The van der Waals surface area contributed by atoms with Crippen LogP contribution in [0, 0.1) is 0 Å². The summed E-state index contributed by atoms with van der Waals surface area (Å²) in [5.74, 6) is -4.86. The lowest BCUT2D eigenvalue weighted by Crippen LogP contribution is -2.24. The summed E-state index contributed by atoms with van der Waals surface area (Å²) in [5, 5.41) is 0. The monoisotopic (exact) mass is 470 g/mol. The zero-order valence-electron chi connectivity index (χ0n) is 16.2. The first-order valence-electron chi connectivity index (χ1n) is 8.44. The molecule has 176 valence electrons. The van der Waals surface area contributed by atoms with E-state index in [4.69, 9.17) is 9.47 Å². The average Bonchev–Trinajstić information content (AvgIpc) is 2.69. The number of ether oxygens (including phenoxy) is 4. The molecule has 0 fully saturated rings. The molecule has 0 amide bonds. The molecule has 1 aromatic carbocycles. The van der Waals surface area contributed by atoms with E-state index < -0.39 is 60.4 Å². The van der Waals surface area contributed by atoms with Gasteiger partial charge in [-0.1, -0.05) is 12.7 Å². The van der Waals surface area contributed by atoms with Crippen molar-refractivity contribution < 1.29 is 59.7 Å². The van der Waals surface area contributed by atoms with Crippen molar-refractivity contribution in [1.29, 1.82) is 0 Å². The van der Waals surface area contributed by atoms with Gasteiger partial charge in [-0.25, -0.2) is 14.4 Å². The molecule has 0 N–H and O–H groups in total. The summed E-state index contributed by atoms with van der Waals surface area (Å²) in [6.07, 6.45) is -8.41. The highest BCUT2D eigenvalue weighted by molar-refractivity contribution is 6.03. The fourth-order valence-corrected chi connectivity index (χ4v) is 1.89. The Kier molecular flexibility index (Phi) is 9.44. The third-order valence-electron chi connectivity index (χ3n) is 3.18. The maximum atomic E-state index is 12.3. The molecule has 7 nitrogen and oxygen atoms in total. The number of hydrogen-bond donors (Lipinski definition) is 0. The Morgan fingerprint density at radius 3 is 1.94 bits per heavy atom. The molecule has 1 rings (SSSR count). The lowest BCUT2D eigenvalue weighted by molar-refractivity contribution is -0.162. The van der Waals surface area contributed by atoms with E-state index in [0.717, 1.165) is 12.1 Å². The van der Waals surface area contributed by atoms with Crippen LogP contribution in [0.1, 0.15) is 20.7 Å². The van der Waals surface area contributed by atoms with Crippen LogP contribution in [0.2, 0.25) is 0 Å². The lowest BCUT2D eigenvalue weighted by atomic mass is 10.1. The van der Waals surface area contributed by atoms with E-state index in [1.807, 2.05) is 0 Å². The molecule has 0 saturated carbocycles. The number of alkyl halides is 6. The Morgan fingerprint density at radius 2 is 1.44 bits per heavy atom. The van der Waals surface area contributed by atoms with Crippen molar-refractivity contribution in [3.63, 3.8) is 0 Å². The van der Waals surface area contributed by atoms with Crippen molar-refractivity contribution in [3.05, 3.63) is 54.1 Å². The van der Waals surface area contributed by atoms with Crippen molar-refractivity contribution >= 4 is 17.9 Å². The van der Waals surface area contributed by atoms with E-state index in [0.29, 0.717) is 6.07 Å². The second-order valence-corrected chi connectivity index (χ2v) is 5.89. The van der Waals surface area contributed by atoms with Gasteiger partial charge in [-0.2, -0.15) is 26.3 Å². The topological polar surface area (TPSA) is 88.1 Å². The first-order chi connectivity index (χ1) is 14.7. The summed E-state index contributed by atoms with van der Waals surface area (Å²) in [7, 11) is 0. The Balaban J connectivity index is 3.11. The molecule has 13 heteroatoms. The van der Waals surface area contributed by atoms with Gasteiger partial charge in [0.15, 0.2) is 13.2 Å². The molecule has 0 radical (unpaired) electrons. The number of carbonyl (C=O) groups excluding carboxylic acids is 3. The van der Waals surface area contributed by atoms with Crippen LogP contribution in [-0.4, -0.2) is 56.7 Å². The van der Waals surface area contributed by atoms with Gasteiger partial charge < -0.3 is 18.9 Å². The van der Waals surface area contributed by atoms with Crippen LogP contribution < -0.4 is 4.74 Å². The number of hydrogen-bond acceptors (Lipinski definition) is 7. The fraction of sp³-hybridized carbons (Fsp3) is 0.316. The van der Waals surface area contributed by atoms with Crippen LogP contribution in [0.4, 0.5) is 26.3 Å². The largest absolute Gasteiger partial charge is 0.452 e. The maximum Gasteiger partial charge on any atom is 0.422 e. The SMILES string of the molecule is C=CCOCC(=C)C(=O)Oc1ccc(C(=O)OCC(F)(F)F)c(C(=O)OCC(F)(F)F)c1. The van der Waals surface area contributed by atoms with Gasteiger partial charge in [0.2, 0.25) is 0 Å². The third-order valence-corrected chi connectivity index (χ3v) is 3.18. The van der Waals surface area contributed by atoms with Gasteiger partial charge in [-0.15, -0.1) is 6.58 Å². The van der Waals surface area contributed by atoms with E-state index in [9.17, 15) is 40.7 Å². The van der Waals surface area contributed by atoms with Crippen molar-refractivity contribution in [1.82, 2.24) is 0 Å². The smallest absolute Gasteiger partial charge is 0.422 e. The van der Waals surface area contributed by atoms with Gasteiger partial charge in [-0.3, -0.25) is 0 Å². The number of rotatable bonds is 10. The molecule has 0 heterocycles. The molecule has 0 aliphatic heterocycles. The Morgan fingerprint density at radius 1 is 0.906 bits per heavy atom. The second kappa shape index (κ2) is 11.3. The van der Waals surface area contributed by atoms with Gasteiger partial charge in [-0.05, 0) is 18.2 Å². The number of carbonyl (C=O) groups is 3. The molecule has 0 unspecified atom stereocenters. The summed E-state index contributed by atoms with van der Waals surface area (Å²) in [6.45, 7) is 2.58. The van der Waals surface area contributed by atoms with Crippen molar-refractivity contribution in [2.75, 3.05) is 26.4 Å². The standard InChI is InChI=1S/C19H16F6O7/c1-3-6-29-8-11(2)15(26)32-12-4-5-13(16(27)30-9-18(20,21)22)14(7-12)17(28)31-10-19(23,24)25/h3-5,7H,1-2,6,8-10H2. The predicted octanol–water partition coefficient (Wildman–Crippen LogP) is 3.79. The number of halogens is 6. The summed E-state index contributed by atoms with van der Waals surface area (Å²) in [5.41, 5.74) is -1.93. The van der Waals surface area contributed by atoms with Crippen LogP contribution in [0.3, 0.4) is 0 Å². The van der Waals surface area contributed by atoms with Crippen LogP contribution in [0.5, 0.6) is 5.75 Å². The summed E-state index contributed by atoms with van der Waals surface area (Å²) in [4.78, 5) is 35.9. The summed E-state index contributed by atoms with van der Waals surface area (Å²) >= 11 is 0. The van der Waals surface area contributed by atoms with Gasteiger partial charge in [0.25, 0.3) is 0 Å². The second-order valence-electron chi connectivity index (χ2n) is 5.89. The summed E-state index contributed by atoms with van der Waals surface area (Å²) in [6, 6.07) is 2.27. The molecule has 0 aliphatic carbocycles. The quantitative estimate of drug-likeness (QED) is 0.128. The lowest BCUT2D eigenvalue weighted by Gasteiger charge is -2.13. The molecular weight excluding hydrogens is 454 g/mol. The van der Waals surface area contributed by atoms with E-state index in [2.05, 4.69) is 22.6 Å². The maximum absolute atomic E-state index is 12.3. The van der Waals surface area contributed by atoms with E-state index in [1.54, 1.807) is 0 Å². The van der Waals surface area contributed by atoms with Crippen molar-refractivity contribution in [2.24, 2.45) is 0 Å². The van der Waals surface area contributed by atoms with Crippen molar-refractivity contribution in [3.8, 4) is 5.75 Å². The number of benzene rings is 1. The minimum atomic E-state index is -4.92. The Bertz CT molecular complexity index is 874. The van der Waals surface area contributed by atoms with Gasteiger partial charge in [0.05, 0.1) is 29.9 Å². The number of esters is 3. The molecule has 0 bridgehead atoms. The molecule has 1 aromatic rings. The molecule has 32 heavy (non-hydrogen) atoms. The molecule has 0 atom stereocenters. The van der Waals surface area contributed by atoms with Gasteiger partial charge in [0, 0.05) is 0 Å². The Hall–Kier alpha value is -3.35. The van der Waals surface area contributed by atoms with Crippen LogP contribution in [0.25, 0.3) is 0 Å². The zero-order chi connectivity index (χ0) is 24.5. The molecule has 0 saturated heterocycles. The normalized spacial score (nSPS) is 11.4. The molecule has 0 spiro atoms.